The highest BCUT2D eigenvalue weighted by Crippen LogP contribution is 2.28. The normalized spacial score (nSPS) is 22.9. The second-order valence-electron chi connectivity index (χ2n) is 7.54. The number of hydrogen-bond donors (Lipinski definition) is 1. The van der Waals surface area contributed by atoms with Crippen LogP contribution in [0, 0.1) is 5.92 Å². The van der Waals surface area contributed by atoms with Crippen LogP contribution in [0.15, 0.2) is 30.3 Å². The van der Waals surface area contributed by atoms with E-state index in [4.69, 9.17) is 4.74 Å². The van der Waals surface area contributed by atoms with Crippen LogP contribution < -0.4 is 5.32 Å². The number of nitrogens with zero attached hydrogens (tertiary/aromatic N) is 2. The molecule has 2 aliphatic rings. The lowest BCUT2D eigenvalue weighted by molar-refractivity contribution is -0.154. The van der Waals surface area contributed by atoms with Crippen molar-refractivity contribution >= 4 is 23.8 Å². The van der Waals surface area contributed by atoms with Crippen LogP contribution in [0.2, 0.25) is 0 Å². The molecule has 0 aliphatic carbocycles. The predicted molar refractivity (Wildman–Crippen MR) is 100.0 cm³/mol. The Morgan fingerprint density at radius 3 is 2.46 bits per heavy atom. The van der Waals surface area contributed by atoms with E-state index in [9.17, 15) is 19.2 Å². The largest absolute Gasteiger partial charge is 0.454 e. The first-order valence-corrected chi connectivity index (χ1v) is 9.44. The summed E-state index contributed by atoms with van der Waals surface area (Å²) in [7, 11) is 0. The lowest BCUT2D eigenvalue weighted by Crippen LogP contribution is -2.42. The van der Waals surface area contributed by atoms with Gasteiger partial charge in [-0.1, -0.05) is 37.3 Å². The number of benzene rings is 1. The molecule has 8 heteroatoms. The van der Waals surface area contributed by atoms with Gasteiger partial charge in [0, 0.05) is 13.1 Å². The van der Waals surface area contributed by atoms with E-state index in [1.54, 1.807) is 36.1 Å². The molecule has 0 saturated carbocycles. The maximum atomic E-state index is 12.7. The highest BCUT2D eigenvalue weighted by Gasteiger charge is 2.49. The van der Waals surface area contributed by atoms with Gasteiger partial charge in [-0.2, -0.15) is 0 Å². The third-order valence-corrected chi connectivity index (χ3v) is 5.41. The minimum atomic E-state index is -1.24. The maximum absolute atomic E-state index is 12.7. The number of urea groups is 1. The second kappa shape index (κ2) is 8.00. The molecule has 2 heterocycles. The van der Waals surface area contributed by atoms with E-state index in [0.717, 1.165) is 17.7 Å². The molecule has 3 rings (SSSR count). The number of ether oxygens (including phenoxy) is 1. The van der Waals surface area contributed by atoms with Gasteiger partial charge in [-0.05, 0) is 31.2 Å². The summed E-state index contributed by atoms with van der Waals surface area (Å²) in [6.07, 6.45) is 1.86. The number of imide groups is 1. The van der Waals surface area contributed by atoms with Gasteiger partial charge in [0.2, 0.25) is 0 Å². The molecule has 8 nitrogen and oxygen atoms in total. The smallest absolute Gasteiger partial charge is 0.326 e. The van der Waals surface area contributed by atoms with Crippen LogP contribution >= 0.6 is 0 Å². The van der Waals surface area contributed by atoms with E-state index < -0.39 is 30.0 Å². The Bertz CT molecular complexity index is 773. The van der Waals surface area contributed by atoms with E-state index in [-0.39, 0.29) is 12.5 Å². The van der Waals surface area contributed by atoms with Gasteiger partial charge in [-0.25, -0.2) is 4.79 Å². The van der Waals surface area contributed by atoms with Crippen molar-refractivity contribution in [1.29, 1.82) is 0 Å². The summed E-state index contributed by atoms with van der Waals surface area (Å²) in [6, 6.07) is 8.15. The molecule has 2 saturated heterocycles. The topological polar surface area (TPSA) is 96.0 Å². The first-order valence-electron chi connectivity index (χ1n) is 9.44. The van der Waals surface area contributed by atoms with Crippen LogP contribution in [-0.4, -0.2) is 59.9 Å². The molecule has 1 atom stereocenters. The number of carbonyl (C=O) groups is 4. The molecule has 0 unspecified atom stereocenters. The lowest BCUT2D eigenvalue weighted by atomic mass is 9.92. The summed E-state index contributed by atoms with van der Waals surface area (Å²) in [4.78, 5) is 51.7. The van der Waals surface area contributed by atoms with Crippen molar-refractivity contribution in [2.45, 2.75) is 32.2 Å². The molecule has 0 aromatic heterocycles. The Balaban J connectivity index is 1.55. The highest BCUT2D eigenvalue weighted by molar-refractivity contribution is 6.08. The molecule has 2 aliphatic heterocycles. The Morgan fingerprint density at radius 2 is 1.82 bits per heavy atom. The molecule has 150 valence electrons. The van der Waals surface area contributed by atoms with Gasteiger partial charge in [0.25, 0.3) is 11.8 Å². The second-order valence-corrected chi connectivity index (χ2v) is 7.54. The summed E-state index contributed by atoms with van der Waals surface area (Å²) in [5, 5.41) is 2.63. The molecule has 0 radical (unpaired) electrons. The van der Waals surface area contributed by atoms with E-state index in [2.05, 4.69) is 12.2 Å². The fourth-order valence-corrected chi connectivity index (χ4v) is 3.47. The van der Waals surface area contributed by atoms with Gasteiger partial charge < -0.3 is 15.0 Å². The molecule has 1 aromatic carbocycles. The zero-order valence-corrected chi connectivity index (χ0v) is 16.1. The first-order chi connectivity index (χ1) is 13.3. The van der Waals surface area contributed by atoms with Crippen LogP contribution in [0.4, 0.5) is 4.79 Å². The molecule has 1 N–H and O–H groups in total. The van der Waals surface area contributed by atoms with Gasteiger partial charge in [-0.15, -0.1) is 0 Å². The van der Waals surface area contributed by atoms with Gasteiger partial charge in [-0.3, -0.25) is 19.3 Å². The van der Waals surface area contributed by atoms with Crippen LogP contribution in [-0.2, 0) is 24.7 Å². The standard InChI is InChI=1S/C20H25N3O5/c1-14-8-10-22(11-9-14)16(24)13-28-17(25)12-23-18(26)20(2,21-19(23)27)15-6-4-3-5-7-15/h3-7,14H,8-13H2,1-2H3,(H,21,27)/t20-/m0/s1. The molecule has 0 bridgehead atoms. The van der Waals surface area contributed by atoms with Crippen molar-refractivity contribution in [2.75, 3.05) is 26.2 Å². The molecule has 1 aromatic rings. The van der Waals surface area contributed by atoms with Crippen molar-refractivity contribution in [3.05, 3.63) is 35.9 Å². The van der Waals surface area contributed by atoms with Crippen LogP contribution in [0.1, 0.15) is 32.3 Å². The molecular formula is C20H25N3O5. The summed E-state index contributed by atoms with van der Waals surface area (Å²) in [5.41, 5.74) is -0.613. The van der Waals surface area contributed by atoms with E-state index >= 15 is 0 Å². The summed E-state index contributed by atoms with van der Waals surface area (Å²) in [5.74, 6) is -0.992. The average Bonchev–Trinajstić information content (AvgIpc) is 2.91. The van der Waals surface area contributed by atoms with E-state index in [1.807, 2.05) is 6.07 Å². The molecular weight excluding hydrogens is 362 g/mol. The maximum Gasteiger partial charge on any atom is 0.326 e. The van der Waals surface area contributed by atoms with Crippen LogP contribution in [0.5, 0.6) is 0 Å². The fourth-order valence-electron chi connectivity index (χ4n) is 3.47. The SMILES string of the molecule is CC1CCN(C(=O)COC(=O)CN2C(=O)N[C@@](C)(c3ccccc3)C2=O)CC1. The zero-order chi connectivity index (χ0) is 20.3. The summed E-state index contributed by atoms with van der Waals surface area (Å²) >= 11 is 0. The van der Waals surface area contributed by atoms with E-state index in [1.165, 1.54) is 0 Å². The highest BCUT2D eigenvalue weighted by atomic mass is 16.5. The van der Waals surface area contributed by atoms with Gasteiger partial charge in [0.05, 0.1) is 0 Å². The van der Waals surface area contributed by atoms with Crippen molar-refractivity contribution < 1.29 is 23.9 Å². The Kier molecular flexibility index (Phi) is 5.67. The summed E-state index contributed by atoms with van der Waals surface area (Å²) in [6.45, 7) is 4.13. The monoisotopic (exact) mass is 387 g/mol. The van der Waals surface area contributed by atoms with Gasteiger partial charge in [0.15, 0.2) is 6.61 Å². The van der Waals surface area contributed by atoms with Crippen LogP contribution in [0.3, 0.4) is 0 Å². The number of carbonyl (C=O) groups excluding carboxylic acids is 4. The fraction of sp³-hybridized carbons (Fsp3) is 0.500. The number of piperidine rings is 1. The van der Waals surface area contributed by atoms with Crippen molar-refractivity contribution in [3.63, 3.8) is 0 Å². The number of rotatable bonds is 5. The van der Waals surface area contributed by atoms with Crippen molar-refractivity contribution in [2.24, 2.45) is 5.92 Å². The Hall–Kier alpha value is -2.90. The minimum absolute atomic E-state index is 0.258. The first kappa shape index (κ1) is 19.9. The molecule has 28 heavy (non-hydrogen) atoms. The lowest BCUT2D eigenvalue weighted by Gasteiger charge is -2.30. The van der Waals surface area contributed by atoms with E-state index in [0.29, 0.717) is 24.6 Å². The Labute approximate surface area is 163 Å². The third-order valence-electron chi connectivity index (χ3n) is 5.41. The number of likely N-dealkylation sites (tertiary alicyclic amines) is 1. The van der Waals surface area contributed by atoms with Crippen molar-refractivity contribution in [3.8, 4) is 0 Å². The Morgan fingerprint density at radius 1 is 1.18 bits per heavy atom. The van der Waals surface area contributed by atoms with Gasteiger partial charge in [0.1, 0.15) is 12.1 Å². The summed E-state index contributed by atoms with van der Waals surface area (Å²) < 4.78 is 5.01. The molecule has 0 spiro atoms. The van der Waals surface area contributed by atoms with Gasteiger partial charge >= 0.3 is 12.0 Å². The number of hydrogen-bond acceptors (Lipinski definition) is 5. The van der Waals surface area contributed by atoms with Crippen LogP contribution in [0.25, 0.3) is 0 Å². The predicted octanol–water partition coefficient (Wildman–Crippen LogP) is 1.26. The third kappa shape index (κ3) is 4.00. The number of esters is 1. The molecule has 2 fully saturated rings. The zero-order valence-electron chi connectivity index (χ0n) is 16.1. The molecule has 4 amide bonds. The number of nitrogens with one attached hydrogen (secondary N) is 1. The number of amides is 4. The minimum Gasteiger partial charge on any atom is -0.454 e. The van der Waals surface area contributed by atoms with Crippen molar-refractivity contribution in [1.82, 2.24) is 15.1 Å². The average molecular weight is 387 g/mol. The quantitative estimate of drug-likeness (QED) is 0.606.